The fraction of sp³-hybridized carbons (Fsp3) is 0.737. The molecule has 0 bridgehead atoms. The second kappa shape index (κ2) is 7.69. The average molecular weight is 467 g/mol. The van der Waals surface area contributed by atoms with Gasteiger partial charge in [-0.05, 0) is 37.2 Å². The summed E-state index contributed by atoms with van der Waals surface area (Å²) in [6.07, 6.45) is -2.42. The van der Waals surface area contributed by atoms with E-state index in [0.29, 0.717) is 6.61 Å². The van der Waals surface area contributed by atoms with Gasteiger partial charge in [-0.2, -0.15) is 5.21 Å². The van der Waals surface area contributed by atoms with E-state index in [9.17, 15) is 9.59 Å². The Morgan fingerprint density at radius 2 is 1.91 bits per heavy atom. The Hall–Kier alpha value is -2.19. The van der Waals surface area contributed by atoms with Crippen LogP contribution < -0.4 is 11.2 Å². The van der Waals surface area contributed by atoms with Crippen LogP contribution in [-0.4, -0.2) is 69.2 Å². The predicted molar refractivity (Wildman–Crippen MR) is 115 cm³/mol. The first-order valence-electron chi connectivity index (χ1n) is 10.5. The molecule has 176 valence electrons. The van der Waals surface area contributed by atoms with Gasteiger partial charge in [0.15, 0.2) is 20.3 Å². The zero-order valence-electron chi connectivity index (χ0n) is 19.3. The number of nitrogens with zero attached hydrogens (tertiary/aromatic N) is 4. The molecule has 2 aromatic heterocycles. The van der Waals surface area contributed by atoms with Crippen LogP contribution in [-0.2, 0) is 18.6 Å². The molecule has 2 fully saturated rings. The first-order valence-corrected chi connectivity index (χ1v) is 13.4. The molecule has 4 atom stereocenters. The highest BCUT2D eigenvalue weighted by Crippen LogP contribution is 2.44. The van der Waals surface area contributed by atoms with E-state index in [1.807, 2.05) is 13.8 Å². The van der Waals surface area contributed by atoms with Gasteiger partial charge >= 0.3 is 5.69 Å². The van der Waals surface area contributed by atoms with Crippen LogP contribution in [0.2, 0.25) is 18.1 Å². The van der Waals surface area contributed by atoms with E-state index in [1.165, 1.54) is 10.6 Å². The lowest BCUT2D eigenvalue weighted by Gasteiger charge is -2.37. The second-order valence-electron chi connectivity index (χ2n) is 10.1. The summed E-state index contributed by atoms with van der Waals surface area (Å²) in [5.74, 6) is -0.780. The molecule has 0 aliphatic carbocycles. The van der Waals surface area contributed by atoms with Gasteiger partial charge in [-0.15, -0.1) is 10.2 Å². The third-order valence-corrected chi connectivity index (χ3v) is 10.8. The van der Waals surface area contributed by atoms with Crippen molar-refractivity contribution in [2.24, 2.45) is 0 Å². The monoisotopic (exact) mass is 466 g/mol. The lowest BCUT2D eigenvalue weighted by molar-refractivity contribution is -0.200. The van der Waals surface area contributed by atoms with Gasteiger partial charge in [0.05, 0.1) is 6.61 Å². The number of hydrogen-bond acceptors (Lipinski definition) is 9. The molecule has 0 amide bonds. The van der Waals surface area contributed by atoms with Gasteiger partial charge in [0, 0.05) is 6.07 Å². The molecule has 2 saturated heterocycles. The summed E-state index contributed by atoms with van der Waals surface area (Å²) < 4.78 is 26.2. The van der Waals surface area contributed by atoms with Gasteiger partial charge in [0.25, 0.3) is 5.56 Å². The number of hydrogen-bond donors (Lipinski definition) is 2. The lowest BCUT2D eigenvalue weighted by Crippen LogP contribution is -2.44. The van der Waals surface area contributed by atoms with Gasteiger partial charge < -0.3 is 18.6 Å². The molecule has 2 aliphatic heterocycles. The summed E-state index contributed by atoms with van der Waals surface area (Å²) in [5, 5.41) is 13.7. The van der Waals surface area contributed by atoms with E-state index < -0.39 is 49.9 Å². The van der Waals surface area contributed by atoms with Crippen molar-refractivity contribution in [1.82, 2.24) is 30.2 Å². The quantitative estimate of drug-likeness (QED) is 0.620. The van der Waals surface area contributed by atoms with Crippen LogP contribution in [0.3, 0.4) is 0 Å². The minimum absolute atomic E-state index is 0.0261. The summed E-state index contributed by atoms with van der Waals surface area (Å²) in [6.45, 7) is 14.7. The SMILES string of the molecule is CC1(C)O[C@@H]2[C@H](O1)[C@@H](CO[Si](C)(C)C(C)(C)C)O[C@H]2n1c(-c2nn[nH]n2)cc(=O)[nH]c1=O. The van der Waals surface area contributed by atoms with Crippen LogP contribution >= 0.6 is 0 Å². The molecule has 0 saturated carbocycles. The van der Waals surface area contributed by atoms with Crippen molar-refractivity contribution in [2.45, 2.75) is 83.1 Å². The van der Waals surface area contributed by atoms with E-state index in [4.69, 9.17) is 18.6 Å². The standard InChI is InChI=1S/C19H30N6O6Si/c1-18(2,3)32(6,7)28-9-11-13-14(31-19(4,5)30-13)16(29-11)25-10(15-21-23-24-22-15)8-12(26)20-17(25)27/h8,11,13-14,16H,9H2,1-7H3,(H,20,26,27)(H,21,22,23,24)/t11-,13-,14-,16-/m1/s1. The molecule has 0 aromatic carbocycles. The molecule has 2 aliphatic rings. The summed E-state index contributed by atoms with van der Waals surface area (Å²) in [5.41, 5.74) is -1.09. The van der Waals surface area contributed by atoms with Crippen LogP contribution in [0, 0.1) is 0 Å². The van der Waals surface area contributed by atoms with Crippen LogP contribution in [0.5, 0.6) is 0 Å². The van der Waals surface area contributed by atoms with Crippen molar-refractivity contribution in [2.75, 3.05) is 6.61 Å². The van der Waals surface area contributed by atoms with E-state index in [0.717, 1.165) is 0 Å². The van der Waals surface area contributed by atoms with Crippen LogP contribution in [0.15, 0.2) is 15.7 Å². The van der Waals surface area contributed by atoms with Gasteiger partial charge in [0.1, 0.15) is 24.0 Å². The molecule has 32 heavy (non-hydrogen) atoms. The average Bonchev–Trinajstić information content (AvgIpc) is 3.35. The largest absolute Gasteiger partial charge is 0.414 e. The maximum Gasteiger partial charge on any atom is 0.331 e. The van der Waals surface area contributed by atoms with E-state index in [2.05, 4.69) is 59.5 Å². The minimum atomic E-state index is -2.05. The van der Waals surface area contributed by atoms with Gasteiger partial charge in [-0.25, -0.2) is 4.79 Å². The molecule has 0 unspecified atom stereocenters. The molecule has 4 rings (SSSR count). The zero-order valence-corrected chi connectivity index (χ0v) is 20.3. The maximum atomic E-state index is 12.9. The van der Waals surface area contributed by atoms with Crippen molar-refractivity contribution < 1.29 is 18.6 Å². The summed E-state index contributed by atoms with van der Waals surface area (Å²) in [7, 11) is -2.05. The number of fused-ring (bicyclic) bond motifs is 1. The third-order valence-electron chi connectivity index (χ3n) is 6.35. The number of H-pyrrole nitrogens is 2. The Morgan fingerprint density at radius 3 is 2.53 bits per heavy atom. The van der Waals surface area contributed by atoms with Crippen molar-refractivity contribution in [1.29, 1.82) is 0 Å². The molecule has 0 radical (unpaired) electrons. The number of ether oxygens (including phenoxy) is 3. The number of nitrogens with one attached hydrogen (secondary N) is 2. The number of aromatic amines is 2. The van der Waals surface area contributed by atoms with E-state index in [-0.39, 0.29) is 16.6 Å². The molecule has 13 heteroatoms. The Morgan fingerprint density at radius 1 is 1.22 bits per heavy atom. The Kier molecular flexibility index (Phi) is 5.53. The number of tetrazole rings is 1. The molecule has 0 spiro atoms. The van der Waals surface area contributed by atoms with Crippen molar-refractivity contribution in [3.8, 4) is 11.5 Å². The minimum Gasteiger partial charge on any atom is -0.414 e. The number of aromatic nitrogens is 6. The second-order valence-corrected chi connectivity index (χ2v) is 14.9. The van der Waals surface area contributed by atoms with Crippen LogP contribution in [0.4, 0.5) is 0 Å². The molecule has 4 heterocycles. The smallest absolute Gasteiger partial charge is 0.331 e. The fourth-order valence-electron chi connectivity index (χ4n) is 3.71. The van der Waals surface area contributed by atoms with E-state index >= 15 is 0 Å². The number of rotatable bonds is 5. The Labute approximate surface area is 185 Å². The van der Waals surface area contributed by atoms with Crippen molar-refractivity contribution in [3.63, 3.8) is 0 Å². The van der Waals surface area contributed by atoms with Crippen LogP contribution in [0.25, 0.3) is 11.5 Å². The first kappa shape index (κ1) is 23.0. The first-order chi connectivity index (χ1) is 14.8. The highest BCUT2D eigenvalue weighted by Gasteiger charge is 2.57. The molecule has 2 N–H and O–H groups in total. The summed E-state index contributed by atoms with van der Waals surface area (Å²) in [4.78, 5) is 27.2. The molecule has 2 aromatic rings. The normalized spacial score (nSPS) is 27.6. The zero-order chi connectivity index (χ0) is 23.5. The van der Waals surface area contributed by atoms with Gasteiger partial charge in [-0.3, -0.25) is 14.3 Å². The van der Waals surface area contributed by atoms with Crippen LogP contribution in [0.1, 0.15) is 40.8 Å². The van der Waals surface area contributed by atoms with Gasteiger partial charge in [-0.1, -0.05) is 20.8 Å². The highest BCUT2D eigenvalue weighted by molar-refractivity contribution is 6.74. The fourth-order valence-corrected chi connectivity index (χ4v) is 4.72. The molecular weight excluding hydrogens is 436 g/mol. The lowest BCUT2D eigenvalue weighted by atomic mass is 10.1. The van der Waals surface area contributed by atoms with Crippen molar-refractivity contribution >= 4 is 8.32 Å². The Bertz CT molecular complexity index is 1090. The Balaban J connectivity index is 1.70. The third kappa shape index (κ3) is 4.10. The van der Waals surface area contributed by atoms with E-state index in [1.54, 1.807) is 0 Å². The predicted octanol–water partition coefficient (Wildman–Crippen LogP) is 1.16. The highest BCUT2D eigenvalue weighted by atomic mass is 28.4. The van der Waals surface area contributed by atoms with Crippen molar-refractivity contribution in [3.05, 3.63) is 26.9 Å². The molecule has 12 nitrogen and oxygen atoms in total. The topological polar surface area (TPSA) is 146 Å². The summed E-state index contributed by atoms with van der Waals surface area (Å²) >= 11 is 0. The summed E-state index contributed by atoms with van der Waals surface area (Å²) in [6, 6.07) is 1.23. The molecular formula is C19H30N6O6Si. The van der Waals surface area contributed by atoms with Gasteiger partial charge in [0.2, 0.25) is 5.82 Å². The maximum absolute atomic E-state index is 12.9.